The summed E-state index contributed by atoms with van der Waals surface area (Å²) in [5.74, 6) is 0. The number of rotatable bonds is 5. The van der Waals surface area contributed by atoms with Gasteiger partial charge in [0.25, 0.3) is 0 Å². The number of nitrogens with zero attached hydrogens (tertiary/aromatic N) is 1. The first-order valence-electron chi connectivity index (χ1n) is 6.63. The van der Waals surface area contributed by atoms with Gasteiger partial charge in [0.15, 0.2) is 0 Å². The summed E-state index contributed by atoms with van der Waals surface area (Å²) in [6.07, 6.45) is 1.56. The molecule has 19 heavy (non-hydrogen) atoms. The Morgan fingerprint density at radius 1 is 1.37 bits per heavy atom. The molecule has 1 aromatic rings. The standard InChI is InChI=1S/C13H21N3O2S/c1-3-9-15-19(17,18)16-10-8-12(14-2)11-6-4-5-7-13(11)16/h4-7,12,14-15H,3,8-10H2,1-2H3. The zero-order valence-corrected chi connectivity index (χ0v) is 12.2. The van der Waals surface area contributed by atoms with Gasteiger partial charge in [-0.3, -0.25) is 4.31 Å². The molecule has 0 saturated carbocycles. The van der Waals surface area contributed by atoms with Crippen LogP contribution in [0.5, 0.6) is 0 Å². The third kappa shape index (κ3) is 2.91. The summed E-state index contributed by atoms with van der Waals surface area (Å²) in [6.45, 7) is 2.92. The minimum Gasteiger partial charge on any atom is -0.313 e. The van der Waals surface area contributed by atoms with Crippen molar-refractivity contribution in [2.24, 2.45) is 0 Å². The Balaban J connectivity index is 2.34. The van der Waals surface area contributed by atoms with E-state index in [9.17, 15) is 8.42 Å². The first-order chi connectivity index (χ1) is 9.10. The maximum Gasteiger partial charge on any atom is 0.301 e. The minimum atomic E-state index is -3.43. The summed E-state index contributed by atoms with van der Waals surface area (Å²) >= 11 is 0. The molecule has 1 aliphatic heterocycles. The highest BCUT2D eigenvalue weighted by atomic mass is 32.2. The largest absolute Gasteiger partial charge is 0.313 e. The van der Waals surface area contributed by atoms with E-state index >= 15 is 0 Å². The number of anilines is 1. The van der Waals surface area contributed by atoms with Gasteiger partial charge in [-0.05, 0) is 31.5 Å². The normalized spacial score (nSPS) is 19.3. The van der Waals surface area contributed by atoms with Crippen molar-refractivity contribution in [2.75, 3.05) is 24.4 Å². The predicted molar refractivity (Wildman–Crippen MR) is 77.4 cm³/mol. The lowest BCUT2D eigenvalue weighted by Crippen LogP contribution is -2.45. The molecule has 1 heterocycles. The average molecular weight is 283 g/mol. The lowest BCUT2D eigenvalue weighted by Gasteiger charge is -2.34. The highest BCUT2D eigenvalue weighted by molar-refractivity contribution is 7.90. The van der Waals surface area contributed by atoms with Crippen LogP contribution >= 0.6 is 0 Å². The van der Waals surface area contributed by atoms with Crippen LogP contribution < -0.4 is 14.3 Å². The number of para-hydroxylation sites is 1. The molecule has 106 valence electrons. The van der Waals surface area contributed by atoms with E-state index in [2.05, 4.69) is 10.0 Å². The summed E-state index contributed by atoms with van der Waals surface area (Å²) in [6, 6.07) is 7.88. The van der Waals surface area contributed by atoms with E-state index in [1.807, 2.05) is 38.2 Å². The maximum atomic E-state index is 12.3. The van der Waals surface area contributed by atoms with E-state index in [1.54, 1.807) is 0 Å². The first kappa shape index (κ1) is 14.3. The molecule has 2 rings (SSSR count). The minimum absolute atomic E-state index is 0.217. The van der Waals surface area contributed by atoms with Crippen LogP contribution in [0.15, 0.2) is 24.3 Å². The van der Waals surface area contributed by atoms with Crippen molar-refractivity contribution in [3.05, 3.63) is 29.8 Å². The molecule has 1 unspecified atom stereocenters. The first-order valence-corrected chi connectivity index (χ1v) is 8.07. The Labute approximate surface area is 115 Å². The highest BCUT2D eigenvalue weighted by Gasteiger charge is 2.30. The number of hydrogen-bond acceptors (Lipinski definition) is 3. The third-order valence-electron chi connectivity index (χ3n) is 3.37. The van der Waals surface area contributed by atoms with Gasteiger partial charge in [0.1, 0.15) is 0 Å². The van der Waals surface area contributed by atoms with Gasteiger partial charge in [-0.1, -0.05) is 25.1 Å². The molecule has 0 spiro atoms. The van der Waals surface area contributed by atoms with E-state index < -0.39 is 10.2 Å². The van der Waals surface area contributed by atoms with E-state index in [0.29, 0.717) is 13.1 Å². The third-order valence-corrected chi connectivity index (χ3v) is 4.90. The molecule has 1 atom stereocenters. The predicted octanol–water partition coefficient (Wildman–Crippen LogP) is 1.40. The van der Waals surface area contributed by atoms with Gasteiger partial charge < -0.3 is 5.32 Å². The SMILES string of the molecule is CCCNS(=O)(=O)N1CCC(NC)c2ccccc21. The van der Waals surface area contributed by atoms with Crippen molar-refractivity contribution in [2.45, 2.75) is 25.8 Å². The second kappa shape index (κ2) is 5.90. The molecule has 0 radical (unpaired) electrons. The van der Waals surface area contributed by atoms with Crippen molar-refractivity contribution in [3.8, 4) is 0 Å². The summed E-state index contributed by atoms with van der Waals surface area (Å²) in [4.78, 5) is 0. The van der Waals surface area contributed by atoms with Crippen molar-refractivity contribution in [3.63, 3.8) is 0 Å². The number of nitrogens with one attached hydrogen (secondary N) is 2. The number of hydrogen-bond donors (Lipinski definition) is 2. The van der Waals surface area contributed by atoms with Crippen molar-refractivity contribution in [1.82, 2.24) is 10.0 Å². The van der Waals surface area contributed by atoms with Crippen LogP contribution in [-0.2, 0) is 10.2 Å². The lowest BCUT2D eigenvalue weighted by atomic mass is 9.98. The van der Waals surface area contributed by atoms with Crippen LogP contribution in [0.3, 0.4) is 0 Å². The molecule has 1 aliphatic rings. The summed E-state index contributed by atoms with van der Waals surface area (Å²) in [5, 5.41) is 3.23. The van der Waals surface area contributed by atoms with Crippen LogP contribution in [0.4, 0.5) is 5.69 Å². The average Bonchev–Trinajstić information content (AvgIpc) is 2.43. The fourth-order valence-electron chi connectivity index (χ4n) is 2.39. The van der Waals surface area contributed by atoms with Gasteiger partial charge in [-0.2, -0.15) is 13.1 Å². The fourth-order valence-corrected chi connectivity index (χ4v) is 3.78. The Morgan fingerprint density at radius 3 is 2.79 bits per heavy atom. The van der Waals surface area contributed by atoms with Crippen LogP contribution in [0.1, 0.15) is 31.4 Å². The van der Waals surface area contributed by atoms with E-state index in [-0.39, 0.29) is 6.04 Å². The number of fused-ring (bicyclic) bond motifs is 1. The van der Waals surface area contributed by atoms with Gasteiger partial charge in [0, 0.05) is 19.1 Å². The molecule has 0 aromatic heterocycles. The highest BCUT2D eigenvalue weighted by Crippen LogP contribution is 2.34. The topological polar surface area (TPSA) is 61.4 Å². The summed E-state index contributed by atoms with van der Waals surface area (Å²) in [5.41, 5.74) is 1.81. The molecule has 2 N–H and O–H groups in total. The second-order valence-electron chi connectivity index (χ2n) is 4.66. The summed E-state index contributed by atoms with van der Waals surface area (Å²) in [7, 11) is -1.53. The van der Waals surface area contributed by atoms with E-state index in [0.717, 1.165) is 24.1 Å². The van der Waals surface area contributed by atoms with E-state index in [4.69, 9.17) is 0 Å². The zero-order chi connectivity index (χ0) is 13.9. The van der Waals surface area contributed by atoms with Gasteiger partial charge in [-0.15, -0.1) is 0 Å². The molecule has 1 aromatic carbocycles. The molecule has 0 fully saturated rings. The van der Waals surface area contributed by atoms with Crippen molar-refractivity contribution in [1.29, 1.82) is 0 Å². The molecule has 5 nitrogen and oxygen atoms in total. The maximum absolute atomic E-state index is 12.3. The lowest BCUT2D eigenvalue weighted by molar-refractivity contribution is 0.524. The second-order valence-corrected chi connectivity index (χ2v) is 6.34. The van der Waals surface area contributed by atoms with Crippen LogP contribution in [0.25, 0.3) is 0 Å². The van der Waals surface area contributed by atoms with Gasteiger partial charge in [0.2, 0.25) is 0 Å². The zero-order valence-electron chi connectivity index (χ0n) is 11.4. The van der Waals surface area contributed by atoms with Gasteiger partial charge in [-0.25, -0.2) is 0 Å². The Kier molecular flexibility index (Phi) is 4.44. The fraction of sp³-hybridized carbons (Fsp3) is 0.538. The van der Waals surface area contributed by atoms with Gasteiger partial charge >= 0.3 is 10.2 Å². The summed E-state index contributed by atoms with van der Waals surface area (Å²) < 4.78 is 28.7. The van der Waals surface area contributed by atoms with Crippen molar-refractivity contribution < 1.29 is 8.42 Å². The Morgan fingerprint density at radius 2 is 2.11 bits per heavy atom. The quantitative estimate of drug-likeness (QED) is 0.858. The molecular formula is C13H21N3O2S. The van der Waals surface area contributed by atoms with Gasteiger partial charge in [0.05, 0.1) is 5.69 Å². The Bertz CT molecular complexity index is 530. The Hall–Kier alpha value is -1.11. The number of benzene rings is 1. The molecule has 0 aliphatic carbocycles. The molecule has 6 heteroatoms. The monoisotopic (exact) mass is 283 g/mol. The van der Waals surface area contributed by atoms with Crippen LogP contribution in [0, 0.1) is 0 Å². The molecule has 0 amide bonds. The smallest absolute Gasteiger partial charge is 0.301 e. The van der Waals surface area contributed by atoms with Crippen LogP contribution in [0.2, 0.25) is 0 Å². The van der Waals surface area contributed by atoms with E-state index in [1.165, 1.54) is 4.31 Å². The van der Waals surface area contributed by atoms with Crippen LogP contribution in [-0.4, -0.2) is 28.6 Å². The molecule has 0 saturated heterocycles. The van der Waals surface area contributed by atoms with Crippen molar-refractivity contribution >= 4 is 15.9 Å². The molecule has 0 bridgehead atoms. The molecular weight excluding hydrogens is 262 g/mol.